The highest BCUT2D eigenvalue weighted by molar-refractivity contribution is 9.09. The first kappa shape index (κ1) is 12.6. The van der Waals surface area contributed by atoms with Crippen molar-refractivity contribution in [1.29, 1.82) is 0 Å². The molecule has 15 heavy (non-hydrogen) atoms. The van der Waals surface area contributed by atoms with Crippen molar-refractivity contribution >= 4 is 33.6 Å². The van der Waals surface area contributed by atoms with Crippen molar-refractivity contribution in [3.8, 4) is 0 Å². The summed E-state index contributed by atoms with van der Waals surface area (Å²) in [5.41, 5.74) is 0.0343. The molecule has 0 bridgehead atoms. The molecule has 1 aromatic heterocycles. The SMILES string of the molecule is CCn1nc(C(F)F)c(/C=C/CBr)c1Cl. The van der Waals surface area contributed by atoms with Gasteiger partial charge in [0.1, 0.15) is 10.8 Å². The third-order valence-corrected chi connectivity index (χ3v) is 2.61. The van der Waals surface area contributed by atoms with Crippen molar-refractivity contribution in [2.24, 2.45) is 0 Å². The number of alkyl halides is 3. The monoisotopic (exact) mass is 298 g/mol. The number of hydrogen-bond acceptors (Lipinski definition) is 1. The molecular formula is C9H10BrClF2N2. The van der Waals surface area contributed by atoms with Crippen LogP contribution in [0.1, 0.15) is 24.6 Å². The first-order valence-corrected chi connectivity index (χ1v) is 5.88. The summed E-state index contributed by atoms with van der Waals surface area (Å²) in [5.74, 6) is 0. The fourth-order valence-electron chi connectivity index (χ4n) is 1.16. The molecule has 0 N–H and O–H groups in total. The van der Waals surface area contributed by atoms with E-state index in [2.05, 4.69) is 21.0 Å². The maximum absolute atomic E-state index is 12.6. The number of halogens is 4. The summed E-state index contributed by atoms with van der Waals surface area (Å²) in [4.78, 5) is 0. The lowest BCUT2D eigenvalue weighted by Gasteiger charge is -1.95. The van der Waals surface area contributed by atoms with Crippen LogP contribution in [-0.2, 0) is 6.54 Å². The smallest absolute Gasteiger partial charge is 0.253 e. The van der Waals surface area contributed by atoms with Gasteiger partial charge in [-0.05, 0) is 6.92 Å². The number of aromatic nitrogens is 2. The number of nitrogens with zero attached hydrogens (tertiary/aromatic N) is 2. The van der Waals surface area contributed by atoms with Crippen LogP contribution >= 0.6 is 27.5 Å². The molecule has 0 amide bonds. The van der Waals surface area contributed by atoms with E-state index < -0.39 is 6.43 Å². The highest BCUT2D eigenvalue weighted by Gasteiger charge is 2.20. The van der Waals surface area contributed by atoms with Gasteiger partial charge in [0.05, 0.1) is 0 Å². The molecule has 2 nitrogen and oxygen atoms in total. The van der Waals surface area contributed by atoms with E-state index in [1.165, 1.54) is 4.68 Å². The third kappa shape index (κ3) is 2.78. The lowest BCUT2D eigenvalue weighted by Crippen LogP contribution is -1.97. The van der Waals surface area contributed by atoms with Gasteiger partial charge < -0.3 is 0 Å². The van der Waals surface area contributed by atoms with Crippen LogP contribution in [0, 0.1) is 0 Å². The Morgan fingerprint density at radius 1 is 1.60 bits per heavy atom. The molecule has 0 aliphatic heterocycles. The molecule has 0 saturated heterocycles. The summed E-state index contributed by atoms with van der Waals surface area (Å²) in [5, 5.41) is 4.59. The van der Waals surface area contributed by atoms with E-state index in [4.69, 9.17) is 11.6 Å². The van der Waals surface area contributed by atoms with Crippen LogP contribution in [-0.4, -0.2) is 15.1 Å². The summed E-state index contributed by atoms with van der Waals surface area (Å²) in [6.07, 6.45) is 0.650. The molecule has 0 atom stereocenters. The van der Waals surface area contributed by atoms with Gasteiger partial charge in [-0.3, -0.25) is 4.68 Å². The molecule has 0 aromatic carbocycles. The van der Waals surface area contributed by atoms with E-state index in [0.29, 0.717) is 17.4 Å². The fraction of sp³-hybridized carbons (Fsp3) is 0.444. The van der Waals surface area contributed by atoms with Crippen LogP contribution in [0.5, 0.6) is 0 Å². The molecule has 1 rings (SSSR count). The second-order valence-electron chi connectivity index (χ2n) is 2.76. The Hall–Kier alpha value is -0.420. The summed E-state index contributed by atoms with van der Waals surface area (Å²) in [6.45, 7) is 2.27. The standard InChI is InChI=1S/C9H10BrClF2N2/c1-2-15-8(11)6(4-3-5-10)7(14-15)9(12)13/h3-4,9H,2,5H2,1H3/b4-3+. The molecule has 0 spiro atoms. The topological polar surface area (TPSA) is 17.8 Å². The highest BCUT2D eigenvalue weighted by Crippen LogP contribution is 2.29. The Morgan fingerprint density at radius 2 is 2.27 bits per heavy atom. The second-order valence-corrected chi connectivity index (χ2v) is 3.77. The van der Waals surface area contributed by atoms with Crippen molar-refractivity contribution in [2.75, 3.05) is 5.33 Å². The zero-order valence-corrected chi connectivity index (χ0v) is 10.4. The Labute approximate surface area is 100 Å². The average molecular weight is 300 g/mol. The lowest BCUT2D eigenvalue weighted by molar-refractivity contribution is 0.145. The van der Waals surface area contributed by atoms with Gasteiger partial charge >= 0.3 is 0 Å². The van der Waals surface area contributed by atoms with Crippen molar-refractivity contribution in [3.63, 3.8) is 0 Å². The van der Waals surface area contributed by atoms with Gasteiger partial charge in [-0.15, -0.1) is 0 Å². The summed E-state index contributed by atoms with van der Waals surface area (Å²) in [6, 6.07) is 0. The minimum Gasteiger partial charge on any atom is -0.253 e. The molecule has 0 unspecified atom stereocenters. The van der Waals surface area contributed by atoms with Crippen LogP contribution in [0.4, 0.5) is 8.78 Å². The van der Waals surface area contributed by atoms with Gasteiger partial charge in [0.15, 0.2) is 0 Å². The van der Waals surface area contributed by atoms with Crippen molar-refractivity contribution in [2.45, 2.75) is 19.9 Å². The minimum absolute atomic E-state index is 0.255. The molecule has 0 aliphatic rings. The zero-order valence-electron chi connectivity index (χ0n) is 8.05. The van der Waals surface area contributed by atoms with Crippen LogP contribution in [0.25, 0.3) is 6.08 Å². The van der Waals surface area contributed by atoms with Crippen LogP contribution in [0.15, 0.2) is 6.08 Å². The fourth-order valence-corrected chi connectivity index (χ4v) is 1.66. The van der Waals surface area contributed by atoms with Gasteiger partial charge in [0, 0.05) is 17.4 Å². The quantitative estimate of drug-likeness (QED) is 0.771. The highest BCUT2D eigenvalue weighted by atomic mass is 79.9. The Morgan fingerprint density at radius 3 is 2.73 bits per heavy atom. The first-order valence-electron chi connectivity index (χ1n) is 4.38. The largest absolute Gasteiger partial charge is 0.282 e. The Kier molecular flexibility index (Phi) is 4.73. The lowest BCUT2D eigenvalue weighted by atomic mass is 10.2. The van der Waals surface area contributed by atoms with E-state index in [0.717, 1.165) is 0 Å². The summed E-state index contributed by atoms with van der Waals surface area (Å²) in [7, 11) is 0. The number of rotatable bonds is 4. The van der Waals surface area contributed by atoms with Crippen LogP contribution in [0.3, 0.4) is 0 Å². The van der Waals surface area contributed by atoms with E-state index in [-0.39, 0.29) is 10.8 Å². The van der Waals surface area contributed by atoms with Gasteiger partial charge in [-0.1, -0.05) is 39.7 Å². The zero-order chi connectivity index (χ0) is 11.4. The molecule has 1 aromatic rings. The second kappa shape index (κ2) is 5.61. The molecular weight excluding hydrogens is 289 g/mol. The van der Waals surface area contributed by atoms with Crippen LogP contribution in [0.2, 0.25) is 5.15 Å². The summed E-state index contributed by atoms with van der Waals surface area (Å²) < 4.78 is 26.6. The maximum Gasteiger partial charge on any atom is 0.282 e. The normalized spacial score (nSPS) is 11.9. The summed E-state index contributed by atoms with van der Waals surface area (Å²) >= 11 is 9.08. The van der Waals surface area contributed by atoms with Crippen molar-refractivity contribution in [1.82, 2.24) is 9.78 Å². The van der Waals surface area contributed by atoms with E-state index >= 15 is 0 Å². The van der Waals surface area contributed by atoms with Gasteiger partial charge in [0.25, 0.3) is 6.43 Å². The number of hydrogen-bond donors (Lipinski definition) is 0. The van der Waals surface area contributed by atoms with Crippen molar-refractivity contribution in [3.05, 3.63) is 22.5 Å². The third-order valence-electron chi connectivity index (χ3n) is 1.83. The average Bonchev–Trinajstić information content (AvgIpc) is 2.52. The molecule has 0 aliphatic carbocycles. The molecule has 1 heterocycles. The molecule has 6 heteroatoms. The van der Waals surface area contributed by atoms with Crippen LogP contribution < -0.4 is 0 Å². The maximum atomic E-state index is 12.6. The van der Waals surface area contributed by atoms with E-state index in [1.54, 1.807) is 19.1 Å². The van der Waals surface area contributed by atoms with Gasteiger partial charge in [-0.2, -0.15) is 5.10 Å². The number of aryl methyl sites for hydroxylation is 1. The Bertz CT molecular complexity index is 363. The molecule has 0 saturated carbocycles. The molecule has 84 valence electrons. The van der Waals surface area contributed by atoms with E-state index in [9.17, 15) is 8.78 Å². The van der Waals surface area contributed by atoms with Gasteiger partial charge in [0.2, 0.25) is 0 Å². The van der Waals surface area contributed by atoms with Gasteiger partial charge in [-0.25, -0.2) is 8.78 Å². The Balaban J connectivity index is 3.19. The number of allylic oxidation sites excluding steroid dienone is 1. The molecule has 0 fully saturated rings. The minimum atomic E-state index is -2.61. The predicted molar refractivity (Wildman–Crippen MR) is 60.7 cm³/mol. The predicted octanol–water partition coefficient (Wildman–Crippen LogP) is 3.90. The molecule has 0 radical (unpaired) electrons. The van der Waals surface area contributed by atoms with E-state index in [1.807, 2.05) is 0 Å². The first-order chi connectivity index (χ1) is 7.11. The van der Waals surface area contributed by atoms with Crippen molar-refractivity contribution < 1.29 is 8.78 Å².